The molecule has 3 N–H and O–H groups in total. The number of nitrogens with zero attached hydrogens (tertiary/aromatic N) is 3. The number of nitrogen functional groups attached to an aromatic ring is 1. The molecule has 4 aromatic rings. The van der Waals surface area contributed by atoms with Crippen molar-refractivity contribution in [2.75, 3.05) is 19.8 Å². The first-order chi connectivity index (χ1) is 16.7. The molecule has 0 saturated heterocycles. The molecule has 7 nitrogen and oxygen atoms in total. The van der Waals surface area contributed by atoms with E-state index in [1.807, 2.05) is 67.0 Å². The molecule has 0 saturated carbocycles. The summed E-state index contributed by atoms with van der Waals surface area (Å²) in [5, 5.41) is 9.63. The molecule has 0 aliphatic carbocycles. The second-order valence-corrected chi connectivity index (χ2v) is 8.60. The van der Waals surface area contributed by atoms with Crippen LogP contribution in [-0.4, -0.2) is 45.5 Å². The van der Waals surface area contributed by atoms with E-state index >= 15 is 0 Å². The molecule has 3 aromatic carbocycles. The smallest absolute Gasteiger partial charge is 0.336 e. The van der Waals surface area contributed by atoms with E-state index in [0.29, 0.717) is 28.2 Å². The standard InChI is InChI=1S/C28H28N4O3/c1-5-6-11-25-30-26-23(29)15-18(27(33)31(3)4)16-24(26)32(25)19-12-13-20(17(2)14-19)21-9-7-8-10-22(21)28(34)35/h6-16H,5,29H2,1-4H3,(H,34,35). The molecule has 4 rings (SSSR count). The van der Waals surface area contributed by atoms with Gasteiger partial charge in [0.05, 0.1) is 16.8 Å². The highest BCUT2D eigenvalue weighted by Gasteiger charge is 2.19. The highest BCUT2D eigenvalue weighted by molar-refractivity contribution is 6.02. The van der Waals surface area contributed by atoms with E-state index < -0.39 is 5.97 Å². The van der Waals surface area contributed by atoms with Crippen LogP contribution in [0.25, 0.3) is 33.9 Å². The number of benzene rings is 3. The Labute approximate surface area is 204 Å². The second kappa shape index (κ2) is 9.46. The normalized spacial score (nSPS) is 11.3. The maximum Gasteiger partial charge on any atom is 0.336 e. The Balaban J connectivity index is 1.95. The van der Waals surface area contributed by atoms with Crippen molar-refractivity contribution < 1.29 is 14.7 Å². The van der Waals surface area contributed by atoms with E-state index in [1.165, 1.54) is 4.90 Å². The molecule has 0 radical (unpaired) electrons. The number of rotatable bonds is 6. The number of imidazole rings is 1. The van der Waals surface area contributed by atoms with Crippen LogP contribution in [0.2, 0.25) is 0 Å². The summed E-state index contributed by atoms with van der Waals surface area (Å²) < 4.78 is 1.98. The topological polar surface area (TPSA) is 101 Å². The van der Waals surface area contributed by atoms with Gasteiger partial charge in [-0.15, -0.1) is 0 Å². The molecule has 0 fully saturated rings. The molecular weight excluding hydrogens is 440 g/mol. The molecule has 1 aromatic heterocycles. The Morgan fingerprint density at radius 3 is 2.49 bits per heavy atom. The van der Waals surface area contributed by atoms with Gasteiger partial charge in [-0.1, -0.05) is 37.3 Å². The van der Waals surface area contributed by atoms with Gasteiger partial charge in [0.1, 0.15) is 11.3 Å². The van der Waals surface area contributed by atoms with Gasteiger partial charge in [0.15, 0.2) is 0 Å². The lowest BCUT2D eigenvalue weighted by atomic mass is 9.95. The largest absolute Gasteiger partial charge is 0.478 e. The fourth-order valence-electron chi connectivity index (χ4n) is 4.20. The summed E-state index contributed by atoms with van der Waals surface area (Å²) in [5.74, 6) is -0.417. The molecule has 0 unspecified atom stereocenters. The minimum absolute atomic E-state index is 0.145. The summed E-state index contributed by atoms with van der Waals surface area (Å²) in [4.78, 5) is 30.7. The van der Waals surface area contributed by atoms with Gasteiger partial charge < -0.3 is 15.7 Å². The zero-order valence-electron chi connectivity index (χ0n) is 20.2. The van der Waals surface area contributed by atoms with Crippen LogP contribution in [0.1, 0.15) is 45.4 Å². The van der Waals surface area contributed by atoms with E-state index in [4.69, 9.17) is 10.7 Å². The van der Waals surface area contributed by atoms with Crippen LogP contribution < -0.4 is 5.73 Å². The molecule has 0 aliphatic rings. The molecule has 178 valence electrons. The van der Waals surface area contributed by atoms with Crippen molar-refractivity contribution in [3.8, 4) is 16.8 Å². The van der Waals surface area contributed by atoms with Crippen molar-refractivity contribution in [3.05, 3.63) is 83.2 Å². The third kappa shape index (κ3) is 4.40. The lowest BCUT2D eigenvalue weighted by Crippen LogP contribution is -2.21. The van der Waals surface area contributed by atoms with Crippen molar-refractivity contribution in [2.45, 2.75) is 20.3 Å². The lowest BCUT2D eigenvalue weighted by Gasteiger charge is -2.14. The summed E-state index contributed by atoms with van der Waals surface area (Å²) in [7, 11) is 3.40. The Morgan fingerprint density at radius 2 is 1.83 bits per heavy atom. The highest BCUT2D eigenvalue weighted by Crippen LogP contribution is 2.32. The van der Waals surface area contributed by atoms with Crippen molar-refractivity contribution in [1.29, 1.82) is 0 Å². The number of aryl methyl sites for hydroxylation is 1. The maximum absolute atomic E-state index is 12.7. The van der Waals surface area contributed by atoms with E-state index in [0.717, 1.165) is 28.8 Å². The predicted octanol–water partition coefficient (Wildman–Crippen LogP) is 5.41. The molecule has 0 spiro atoms. The zero-order chi connectivity index (χ0) is 25.3. The molecule has 35 heavy (non-hydrogen) atoms. The fourth-order valence-corrected chi connectivity index (χ4v) is 4.20. The number of allylic oxidation sites excluding steroid dienone is 1. The number of carboxylic acids is 1. The molecule has 0 aliphatic heterocycles. The van der Waals surface area contributed by atoms with Crippen LogP contribution in [0.15, 0.2) is 60.7 Å². The van der Waals surface area contributed by atoms with Crippen LogP contribution in [-0.2, 0) is 0 Å². The maximum atomic E-state index is 12.7. The van der Waals surface area contributed by atoms with Crippen molar-refractivity contribution in [1.82, 2.24) is 14.5 Å². The summed E-state index contributed by atoms with van der Waals surface area (Å²) in [6.45, 7) is 4.00. The third-order valence-electron chi connectivity index (χ3n) is 5.89. The van der Waals surface area contributed by atoms with Gasteiger partial charge in [0.25, 0.3) is 5.91 Å². The summed E-state index contributed by atoms with van der Waals surface area (Å²) in [6, 6.07) is 16.3. The lowest BCUT2D eigenvalue weighted by molar-refractivity contribution is 0.0697. The quantitative estimate of drug-likeness (QED) is 0.369. The second-order valence-electron chi connectivity index (χ2n) is 8.60. The average Bonchev–Trinajstić information content (AvgIpc) is 3.20. The number of nitrogens with two attached hydrogens (primary N) is 1. The Kier molecular flexibility index (Phi) is 6.42. The van der Waals surface area contributed by atoms with Crippen molar-refractivity contribution in [3.63, 3.8) is 0 Å². The zero-order valence-corrected chi connectivity index (χ0v) is 20.2. The van der Waals surface area contributed by atoms with Crippen LogP contribution in [0.3, 0.4) is 0 Å². The Bertz CT molecular complexity index is 1480. The first kappa shape index (κ1) is 23.8. The number of amides is 1. The van der Waals surface area contributed by atoms with Gasteiger partial charge in [-0.25, -0.2) is 9.78 Å². The molecule has 1 amide bonds. The molecule has 7 heteroatoms. The van der Waals surface area contributed by atoms with E-state index in [1.54, 1.807) is 32.3 Å². The Hall–Kier alpha value is -4.39. The Morgan fingerprint density at radius 1 is 1.09 bits per heavy atom. The molecule has 1 heterocycles. The van der Waals surface area contributed by atoms with Crippen LogP contribution in [0.5, 0.6) is 0 Å². The number of aromatic carboxylic acids is 1. The van der Waals surface area contributed by atoms with Gasteiger partial charge in [-0.05, 0) is 66.4 Å². The minimum atomic E-state index is -0.967. The van der Waals surface area contributed by atoms with Gasteiger partial charge in [-0.2, -0.15) is 0 Å². The van der Waals surface area contributed by atoms with Crippen LogP contribution >= 0.6 is 0 Å². The van der Waals surface area contributed by atoms with E-state index in [-0.39, 0.29) is 11.5 Å². The number of hydrogen-bond donors (Lipinski definition) is 2. The molecular formula is C28H28N4O3. The average molecular weight is 469 g/mol. The van der Waals surface area contributed by atoms with Gasteiger partial charge in [0.2, 0.25) is 0 Å². The fraction of sp³-hybridized carbons (Fsp3) is 0.179. The number of carbonyl (C=O) groups excluding carboxylic acids is 1. The number of carboxylic acid groups (broad SMARTS) is 1. The monoisotopic (exact) mass is 468 g/mol. The predicted molar refractivity (Wildman–Crippen MR) is 140 cm³/mol. The summed E-state index contributed by atoms with van der Waals surface area (Å²) >= 11 is 0. The number of fused-ring (bicyclic) bond motifs is 1. The van der Waals surface area contributed by atoms with Gasteiger partial charge in [-0.3, -0.25) is 9.36 Å². The number of aromatic nitrogens is 2. The first-order valence-electron chi connectivity index (χ1n) is 11.4. The molecule has 0 bridgehead atoms. The number of hydrogen-bond acceptors (Lipinski definition) is 4. The van der Waals surface area contributed by atoms with Gasteiger partial charge in [0, 0.05) is 25.3 Å². The minimum Gasteiger partial charge on any atom is -0.478 e. The van der Waals surface area contributed by atoms with E-state index in [2.05, 4.69) is 0 Å². The number of carbonyl (C=O) groups is 2. The van der Waals surface area contributed by atoms with Gasteiger partial charge >= 0.3 is 5.97 Å². The van der Waals surface area contributed by atoms with E-state index in [9.17, 15) is 14.7 Å². The third-order valence-corrected chi connectivity index (χ3v) is 5.89. The molecule has 0 atom stereocenters. The van der Waals surface area contributed by atoms with Crippen molar-refractivity contribution >= 4 is 34.7 Å². The van der Waals surface area contributed by atoms with Crippen molar-refractivity contribution in [2.24, 2.45) is 0 Å². The number of anilines is 1. The highest BCUT2D eigenvalue weighted by atomic mass is 16.4. The SMILES string of the molecule is CCC=Cc1nc2c(N)cc(C(=O)N(C)C)cc2n1-c1ccc(-c2ccccc2C(=O)O)c(C)c1. The first-order valence-corrected chi connectivity index (χ1v) is 11.4. The summed E-state index contributed by atoms with van der Waals surface area (Å²) in [6.07, 6.45) is 4.80. The summed E-state index contributed by atoms with van der Waals surface area (Å²) in [5.41, 5.74) is 12.1. The van der Waals surface area contributed by atoms with Crippen LogP contribution in [0, 0.1) is 6.92 Å². The van der Waals surface area contributed by atoms with Crippen LogP contribution in [0.4, 0.5) is 5.69 Å².